The van der Waals surface area contributed by atoms with Crippen molar-refractivity contribution in [2.24, 2.45) is 5.10 Å². The zero-order chi connectivity index (χ0) is 22.9. The van der Waals surface area contributed by atoms with Crippen LogP contribution in [0, 0.1) is 17.0 Å². The van der Waals surface area contributed by atoms with E-state index in [9.17, 15) is 19.7 Å². The molecule has 9 nitrogen and oxygen atoms in total. The van der Waals surface area contributed by atoms with E-state index in [0.717, 1.165) is 5.56 Å². The van der Waals surface area contributed by atoms with Gasteiger partial charge in [-0.1, -0.05) is 29.8 Å². The Bertz CT molecular complexity index is 1140. The summed E-state index contributed by atoms with van der Waals surface area (Å²) in [5, 5.41) is 14.6. The van der Waals surface area contributed by atoms with Crippen LogP contribution in [-0.2, 0) is 4.79 Å². The molecule has 0 bridgehead atoms. The highest BCUT2D eigenvalue weighted by Crippen LogP contribution is 2.19. The SMILES string of the molecule is Cc1ccc(OCC(=O)N/N=C\c2ccccc2OC(=O)c2ccc([N+](=O)[O-])cc2)cc1. The zero-order valence-corrected chi connectivity index (χ0v) is 17.1. The fraction of sp³-hybridized carbons (Fsp3) is 0.0870. The molecule has 0 spiro atoms. The molecule has 0 aromatic heterocycles. The van der Waals surface area contributed by atoms with E-state index in [1.54, 1.807) is 36.4 Å². The Labute approximate surface area is 183 Å². The minimum Gasteiger partial charge on any atom is -0.484 e. The number of nitro benzene ring substituents is 1. The van der Waals surface area contributed by atoms with Gasteiger partial charge in [0.2, 0.25) is 0 Å². The van der Waals surface area contributed by atoms with Crippen molar-refractivity contribution in [3.8, 4) is 11.5 Å². The number of ether oxygens (including phenoxy) is 2. The molecular formula is C23H19N3O6. The van der Waals surface area contributed by atoms with Crippen molar-refractivity contribution in [1.82, 2.24) is 5.43 Å². The van der Waals surface area contributed by atoms with Crippen molar-refractivity contribution in [1.29, 1.82) is 0 Å². The molecule has 3 rings (SSSR count). The highest BCUT2D eigenvalue weighted by atomic mass is 16.6. The number of esters is 1. The van der Waals surface area contributed by atoms with Crippen molar-refractivity contribution >= 4 is 23.8 Å². The van der Waals surface area contributed by atoms with Gasteiger partial charge in [-0.3, -0.25) is 14.9 Å². The topological polar surface area (TPSA) is 120 Å². The lowest BCUT2D eigenvalue weighted by molar-refractivity contribution is -0.384. The van der Waals surface area contributed by atoms with Crippen LogP contribution in [0.5, 0.6) is 11.5 Å². The first-order valence-electron chi connectivity index (χ1n) is 9.49. The summed E-state index contributed by atoms with van der Waals surface area (Å²) >= 11 is 0. The van der Waals surface area contributed by atoms with Gasteiger partial charge in [0.1, 0.15) is 11.5 Å². The molecule has 0 heterocycles. The minimum absolute atomic E-state index is 0.129. The number of non-ortho nitro benzene ring substituents is 1. The number of nitrogens with one attached hydrogen (secondary N) is 1. The number of carbonyl (C=O) groups excluding carboxylic acids is 2. The number of amides is 1. The third kappa shape index (κ3) is 6.23. The second kappa shape index (κ2) is 10.5. The summed E-state index contributed by atoms with van der Waals surface area (Å²) in [6.07, 6.45) is 1.34. The summed E-state index contributed by atoms with van der Waals surface area (Å²) in [6, 6.07) is 18.9. The maximum absolute atomic E-state index is 12.3. The van der Waals surface area contributed by atoms with E-state index in [2.05, 4.69) is 10.5 Å². The molecule has 3 aromatic carbocycles. The Hall–Kier alpha value is -4.53. The average Bonchev–Trinajstić information content (AvgIpc) is 2.80. The van der Waals surface area contributed by atoms with Crippen LogP contribution in [0.1, 0.15) is 21.5 Å². The maximum Gasteiger partial charge on any atom is 0.343 e. The second-order valence-corrected chi connectivity index (χ2v) is 6.63. The fourth-order valence-corrected chi connectivity index (χ4v) is 2.55. The normalized spacial score (nSPS) is 10.5. The number of hydrogen-bond acceptors (Lipinski definition) is 7. The van der Waals surface area contributed by atoms with Crippen LogP contribution in [0.3, 0.4) is 0 Å². The van der Waals surface area contributed by atoms with E-state index in [0.29, 0.717) is 11.3 Å². The van der Waals surface area contributed by atoms with Gasteiger partial charge in [-0.05, 0) is 43.3 Å². The van der Waals surface area contributed by atoms with Crippen LogP contribution in [-0.4, -0.2) is 29.6 Å². The summed E-state index contributed by atoms with van der Waals surface area (Å²) < 4.78 is 10.7. The fourth-order valence-electron chi connectivity index (χ4n) is 2.55. The number of hydrazone groups is 1. The first-order valence-corrected chi connectivity index (χ1v) is 9.49. The highest BCUT2D eigenvalue weighted by Gasteiger charge is 2.13. The number of nitro groups is 1. The Morgan fingerprint density at radius 3 is 2.41 bits per heavy atom. The van der Waals surface area contributed by atoms with Crippen molar-refractivity contribution in [2.45, 2.75) is 6.92 Å². The van der Waals surface area contributed by atoms with Gasteiger partial charge in [-0.15, -0.1) is 0 Å². The van der Waals surface area contributed by atoms with Crippen LogP contribution < -0.4 is 14.9 Å². The van der Waals surface area contributed by atoms with Gasteiger partial charge >= 0.3 is 5.97 Å². The van der Waals surface area contributed by atoms with E-state index >= 15 is 0 Å². The van der Waals surface area contributed by atoms with Gasteiger partial charge in [-0.2, -0.15) is 5.10 Å². The molecule has 3 aromatic rings. The Balaban J connectivity index is 1.57. The Kier molecular flexibility index (Phi) is 7.26. The molecule has 1 amide bonds. The van der Waals surface area contributed by atoms with E-state index in [1.165, 1.54) is 30.5 Å². The third-order valence-electron chi connectivity index (χ3n) is 4.22. The standard InChI is InChI=1S/C23H19N3O6/c1-16-6-12-20(13-7-16)31-15-22(27)25-24-14-18-4-2-3-5-21(18)32-23(28)17-8-10-19(11-9-17)26(29)30/h2-14H,15H2,1H3,(H,25,27)/b24-14-. The van der Waals surface area contributed by atoms with Gasteiger partial charge in [0.05, 0.1) is 16.7 Å². The summed E-state index contributed by atoms with van der Waals surface area (Å²) in [5.41, 5.74) is 3.90. The average molecular weight is 433 g/mol. The number of para-hydroxylation sites is 1. The smallest absolute Gasteiger partial charge is 0.343 e. The summed E-state index contributed by atoms with van der Waals surface area (Å²) in [6.45, 7) is 1.74. The van der Waals surface area contributed by atoms with E-state index in [4.69, 9.17) is 9.47 Å². The van der Waals surface area contributed by atoms with Crippen molar-refractivity contribution < 1.29 is 24.0 Å². The van der Waals surface area contributed by atoms with Crippen molar-refractivity contribution in [3.05, 3.63) is 99.6 Å². The summed E-state index contributed by atoms with van der Waals surface area (Å²) in [4.78, 5) is 34.4. The first kappa shape index (κ1) is 22.2. The monoisotopic (exact) mass is 433 g/mol. The molecule has 0 unspecified atom stereocenters. The minimum atomic E-state index is -0.684. The van der Waals surface area contributed by atoms with Crippen LogP contribution >= 0.6 is 0 Å². The predicted octanol–water partition coefficient (Wildman–Crippen LogP) is 3.65. The van der Waals surface area contributed by atoms with Crippen LogP contribution in [0.15, 0.2) is 77.9 Å². The maximum atomic E-state index is 12.3. The van der Waals surface area contributed by atoms with Gasteiger partial charge in [0.15, 0.2) is 6.61 Å². The number of hydrogen-bond donors (Lipinski definition) is 1. The van der Waals surface area contributed by atoms with Gasteiger partial charge < -0.3 is 9.47 Å². The lowest BCUT2D eigenvalue weighted by Gasteiger charge is -2.07. The number of nitrogens with zero attached hydrogens (tertiary/aromatic N) is 2. The third-order valence-corrected chi connectivity index (χ3v) is 4.22. The van der Waals surface area contributed by atoms with Crippen molar-refractivity contribution in [3.63, 3.8) is 0 Å². The zero-order valence-electron chi connectivity index (χ0n) is 17.1. The van der Waals surface area contributed by atoms with E-state index in [1.807, 2.05) is 19.1 Å². The largest absolute Gasteiger partial charge is 0.484 e. The predicted molar refractivity (Wildman–Crippen MR) is 117 cm³/mol. The van der Waals surface area contributed by atoms with E-state index in [-0.39, 0.29) is 23.6 Å². The molecule has 0 saturated carbocycles. The molecule has 0 aliphatic carbocycles. The number of rotatable bonds is 8. The molecule has 0 radical (unpaired) electrons. The highest BCUT2D eigenvalue weighted by molar-refractivity contribution is 5.93. The van der Waals surface area contributed by atoms with Crippen LogP contribution in [0.4, 0.5) is 5.69 Å². The van der Waals surface area contributed by atoms with Crippen LogP contribution in [0.25, 0.3) is 0 Å². The van der Waals surface area contributed by atoms with Crippen molar-refractivity contribution in [2.75, 3.05) is 6.61 Å². The molecule has 0 aliphatic heterocycles. The molecule has 162 valence electrons. The Morgan fingerprint density at radius 1 is 1.03 bits per heavy atom. The van der Waals surface area contributed by atoms with Crippen LogP contribution in [0.2, 0.25) is 0 Å². The molecular weight excluding hydrogens is 414 g/mol. The quantitative estimate of drug-likeness (QED) is 0.190. The second-order valence-electron chi connectivity index (χ2n) is 6.63. The lowest BCUT2D eigenvalue weighted by atomic mass is 10.2. The molecule has 0 saturated heterocycles. The molecule has 9 heteroatoms. The summed E-state index contributed by atoms with van der Waals surface area (Å²) in [5.74, 6) is -0.360. The lowest BCUT2D eigenvalue weighted by Crippen LogP contribution is -2.24. The molecule has 1 N–H and O–H groups in total. The molecule has 32 heavy (non-hydrogen) atoms. The number of benzene rings is 3. The molecule has 0 fully saturated rings. The number of carbonyl (C=O) groups is 2. The molecule has 0 atom stereocenters. The first-order chi connectivity index (χ1) is 15.4. The summed E-state index contributed by atoms with van der Waals surface area (Å²) in [7, 11) is 0. The number of aryl methyl sites for hydroxylation is 1. The van der Waals surface area contributed by atoms with Gasteiger partial charge in [0, 0.05) is 17.7 Å². The van der Waals surface area contributed by atoms with Gasteiger partial charge in [-0.25, -0.2) is 10.2 Å². The molecule has 0 aliphatic rings. The van der Waals surface area contributed by atoms with E-state index < -0.39 is 16.8 Å². The Morgan fingerprint density at radius 2 is 1.72 bits per heavy atom. The van der Waals surface area contributed by atoms with Gasteiger partial charge in [0.25, 0.3) is 11.6 Å².